The molecule has 4 rings (SSSR count). The number of unbranched alkanes of at least 4 members (excludes halogenated alkanes) is 1. The molecule has 0 atom stereocenters. The van der Waals surface area contributed by atoms with E-state index >= 15 is 0 Å². The highest BCUT2D eigenvalue weighted by Crippen LogP contribution is 2.46. The minimum absolute atomic E-state index is 0.0480. The van der Waals surface area contributed by atoms with Crippen LogP contribution in [0.5, 0.6) is 11.5 Å². The molecule has 1 aromatic rings. The van der Waals surface area contributed by atoms with Gasteiger partial charge in [-0.15, -0.1) is 0 Å². The van der Waals surface area contributed by atoms with E-state index in [4.69, 9.17) is 21.1 Å². The van der Waals surface area contributed by atoms with Gasteiger partial charge in [0.2, 0.25) is 0 Å². The third-order valence-corrected chi connectivity index (χ3v) is 9.70. The maximum atomic E-state index is 14.5. The van der Waals surface area contributed by atoms with Gasteiger partial charge in [-0.1, -0.05) is 44.7 Å². The Morgan fingerprint density at radius 3 is 1.82 bits per heavy atom. The Bertz CT molecular complexity index is 744. The minimum atomic E-state index is -0.502. The Balaban J connectivity index is 1.17. The zero-order valence-corrected chi connectivity index (χ0v) is 22.3. The first-order valence-electron chi connectivity index (χ1n) is 14.3. The number of ether oxygens (including phenoxy) is 2. The Morgan fingerprint density at radius 2 is 1.26 bits per heavy atom. The monoisotopic (exact) mass is 492 g/mol. The van der Waals surface area contributed by atoms with Crippen molar-refractivity contribution in [3.63, 3.8) is 0 Å². The lowest BCUT2D eigenvalue weighted by Crippen LogP contribution is -2.30. The molecule has 0 amide bonds. The van der Waals surface area contributed by atoms with Crippen LogP contribution in [0.1, 0.15) is 104 Å². The molecule has 0 bridgehead atoms. The first kappa shape index (κ1) is 26.1. The van der Waals surface area contributed by atoms with Crippen molar-refractivity contribution in [3.8, 4) is 11.5 Å². The molecule has 2 nitrogen and oxygen atoms in total. The minimum Gasteiger partial charge on any atom is -0.492 e. The summed E-state index contributed by atoms with van der Waals surface area (Å²) >= 11 is 6.25. The van der Waals surface area contributed by atoms with E-state index in [1.54, 1.807) is 12.1 Å². The molecule has 0 heterocycles. The molecule has 3 aliphatic carbocycles. The molecule has 3 aliphatic rings. The molecule has 0 aromatic heterocycles. The SMILES string of the molecule is CCCCOc1ccc(OCC2CCC(C3CCC(C4CCC(C)CC4)CC3)CC2)c(Cl)c1F. The van der Waals surface area contributed by atoms with Gasteiger partial charge in [0.1, 0.15) is 10.8 Å². The first-order valence-corrected chi connectivity index (χ1v) is 14.7. The zero-order chi connectivity index (χ0) is 23.9. The number of rotatable bonds is 9. The topological polar surface area (TPSA) is 18.5 Å². The molecule has 0 radical (unpaired) electrons. The lowest BCUT2D eigenvalue weighted by atomic mass is 9.65. The van der Waals surface area contributed by atoms with Crippen LogP contribution in [0.2, 0.25) is 5.02 Å². The molecule has 34 heavy (non-hydrogen) atoms. The van der Waals surface area contributed by atoms with Crippen LogP contribution in [0.4, 0.5) is 4.39 Å². The molecule has 4 heteroatoms. The maximum absolute atomic E-state index is 14.5. The lowest BCUT2D eigenvalue weighted by molar-refractivity contribution is 0.0970. The number of hydrogen-bond acceptors (Lipinski definition) is 2. The largest absolute Gasteiger partial charge is 0.492 e. The number of halogens is 2. The molecule has 192 valence electrons. The van der Waals surface area contributed by atoms with E-state index in [0.29, 0.717) is 24.9 Å². The molecule has 0 unspecified atom stereocenters. The summed E-state index contributed by atoms with van der Waals surface area (Å²) in [5.74, 6) is 5.58. The number of hydrogen-bond donors (Lipinski definition) is 0. The average molecular weight is 493 g/mol. The lowest BCUT2D eigenvalue weighted by Gasteiger charge is -2.41. The molecular weight excluding hydrogens is 447 g/mol. The second-order valence-electron chi connectivity index (χ2n) is 11.7. The van der Waals surface area contributed by atoms with E-state index in [0.717, 1.165) is 42.4 Å². The van der Waals surface area contributed by atoms with Crippen molar-refractivity contribution in [2.75, 3.05) is 13.2 Å². The fraction of sp³-hybridized carbons (Fsp3) is 0.800. The second kappa shape index (κ2) is 12.8. The van der Waals surface area contributed by atoms with Crippen LogP contribution >= 0.6 is 11.6 Å². The molecule has 0 aliphatic heterocycles. The summed E-state index contributed by atoms with van der Waals surface area (Å²) in [6.45, 7) is 5.66. The van der Waals surface area contributed by atoms with Crippen molar-refractivity contribution in [1.29, 1.82) is 0 Å². The van der Waals surface area contributed by atoms with Crippen LogP contribution < -0.4 is 9.47 Å². The molecule has 1 aromatic carbocycles. The van der Waals surface area contributed by atoms with Gasteiger partial charge in [0.05, 0.1) is 13.2 Å². The summed E-state index contributed by atoms with van der Waals surface area (Å²) in [4.78, 5) is 0. The fourth-order valence-electron chi connectivity index (χ4n) is 6.94. The summed E-state index contributed by atoms with van der Waals surface area (Å²) < 4.78 is 26.0. The van der Waals surface area contributed by atoms with Crippen molar-refractivity contribution < 1.29 is 13.9 Å². The van der Waals surface area contributed by atoms with E-state index in [1.807, 2.05) is 0 Å². The summed E-state index contributed by atoms with van der Waals surface area (Å²) in [5, 5.41) is 0.0480. The van der Waals surface area contributed by atoms with Gasteiger partial charge in [-0.05, 0) is 118 Å². The predicted molar refractivity (Wildman–Crippen MR) is 139 cm³/mol. The van der Waals surface area contributed by atoms with Gasteiger partial charge in [-0.3, -0.25) is 0 Å². The van der Waals surface area contributed by atoms with Gasteiger partial charge < -0.3 is 9.47 Å². The van der Waals surface area contributed by atoms with Crippen LogP contribution in [-0.2, 0) is 0 Å². The first-order chi connectivity index (χ1) is 16.5. The van der Waals surface area contributed by atoms with E-state index in [1.165, 1.54) is 77.0 Å². The Labute approximate surface area is 212 Å². The standard InChI is InChI=1S/C30H46ClFO2/c1-3-4-19-33-28-18-17-27(29(31)30(28)32)34-20-22-7-11-24(12-8-22)26-15-13-25(14-16-26)23-9-5-21(2)6-10-23/h17-18,21-26H,3-16,19-20H2,1-2H3. The zero-order valence-electron chi connectivity index (χ0n) is 21.5. The normalized spacial score (nSPS) is 32.4. The smallest absolute Gasteiger partial charge is 0.187 e. The molecule has 0 saturated heterocycles. The molecule has 3 fully saturated rings. The van der Waals surface area contributed by atoms with Crippen molar-refractivity contribution in [2.45, 2.75) is 104 Å². The Kier molecular flexibility index (Phi) is 9.86. The van der Waals surface area contributed by atoms with Gasteiger partial charge in [-0.25, -0.2) is 4.39 Å². The van der Waals surface area contributed by atoms with Crippen LogP contribution in [0, 0.1) is 41.3 Å². The third-order valence-electron chi connectivity index (χ3n) is 9.34. The van der Waals surface area contributed by atoms with Gasteiger partial charge in [0.15, 0.2) is 11.6 Å². The summed E-state index contributed by atoms with van der Waals surface area (Å²) in [7, 11) is 0. The van der Waals surface area contributed by atoms with E-state index in [9.17, 15) is 4.39 Å². The van der Waals surface area contributed by atoms with Gasteiger partial charge >= 0.3 is 0 Å². The highest BCUT2D eigenvalue weighted by molar-refractivity contribution is 6.32. The summed E-state index contributed by atoms with van der Waals surface area (Å²) in [6.07, 6.45) is 18.8. The summed E-state index contributed by atoms with van der Waals surface area (Å²) in [6, 6.07) is 3.40. The van der Waals surface area contributed by atoms with Crippen molar-refractivity contribution >= 4 is 11.6 Å². The number of benzene rings is 1. The average Bonchev–Trinajstić information content (AvgIpc) is 2.87. The van der Waals surface area contributed by atoms with Crippen molar-refractivity contribution in [3.05, 3.63) is 23.0 Å². The Hall–Kier alpha value is -0.960. The Morgan fingerprint density at radius 1 is 0.765 bits per heavy atom. The van der Waals surface area contributed by atoms with Gasteiger partial charge in [0, 0.05) is 0 Å². The van der Waals surface area contributed by atoms with Crippen LogP contribution in [0.15, 0.2) is 12.1 Å². The van der Waals surface area contributed by atoms with Crippen LogP contribution in [0.3, 0.4) is 0 Å². The van der Waals surface area contributed by atoms with E-state index < -0.39 is 5.82 Å². The highest BCUT2D eigenvalue weighted by atomic mass is 35.5. The third kappa shape index (κ3) is 6.83. The maximum Gasteiger partial charge on any atom is 0.187 e. The fourth-order valence-corrected chi connectivity index (χ4v) is 7.15. The quantitative estimate of drug-likeness (QED) is 0.319. The van der Waals surface area contributed by atoms with Crippen LogP contribution in [-0.4, -0.2) is 13.2 Å². The van der Waals surface area contributed by atoms with Gasteiger partial charge in [0.25, 0.3) is 0 Å². The second-order valence-corrected chi connectivity index (χ2v) is 12.1. The molecular formula is C30H46ClFO2. The van der Waals surface area contributed by atoms with Crippen LogP contribution in [0.25, 0.3) is 0 Å². The highest BCUT2D eigenvalue weighted by Gasteiger charge is 2.34. The van der Waals surface area contributed by atoms with E-state index in [-0.39, 0.29) is 10.8 Å². The molecule has 0 spiro atoms. The molecule has 0 N–H and O–H groups in total. The van der Waals surface area contributed by atoms with Crippen molar-refractivity contribution in [1.82, 2.24) is 0 Å². The van der Waals surface area contributed by atoms with E-state index in [2.05, 4.69) is 13.8 Å². The molecule has 3 saturated carbocycles. The summed E-state index contributed by atoms with van der Waals surface area (Å²) in [5.41, 5.74) is 0. The van der Waals surface area contributed by atoms with Crippen molar-refractivity contribution in [2.24, 2.45) is 35.5 Å². The predicted octanol–water partition coefficient (Wildman–Crippen LogP) is 9.48. The van der Waals surface area contributed by atoms with Gasteiger partial charge in [-0.2, -0.15) is 0 Å².